The minimum absolute atomic E-state index is 0.00365. The van der Waals surface area contributed by atoms with E-state index >= 15 is 0 Å². The summed E-state index contributed by atoms with van der Waals surface area (Å²) in [7, 11) is -3.90. The number of nitrogens with one attached hydrogen (secondary N) is 1. The molecule has 1 aromatic heterocycles. The molecule has 21 heavy (non-hydrogen) atoms. The summed E-state index contributed by atoms with van der Waals surface area (Å²) in [5.41, 5.74) is 0.923. The van der Waals surface area contributed by atoms with Crippen LogP contribution in [0.1, 0.15) is 18.2 Å². The molecule has 0 fully saturated rings. The second-order valence-corrected chi connectivity index (χ2v) is 6.33. The fourth-order valence-electron chi connectivity index (χ4n) is 2.05. The van der Waals surface area contributed by atoms with Crippen molar-refractivity contribution in [2.45, 2.75) is 31.9 Å². The molecular formula is C14H17FN2O3S. The fraction of sp³-hybridized carbons (Fsp3) is 0.286. The number of benzene rings is 1. The summed E-state index contributed by atoms with van der Waals surface area (Å²) in [5.74, 6) is -0.629. The van der Waals surface area contributed by atoms with E-state index in [4.69, 9.17) is 0 Å². The number of para-hydroxylation sites is 1. The van der Waals surface area contributed by atoms with Crippen LogP contribution in [0.4, 0.5) is 10.1 Å². The first kappa shape index (κ1) is 15.5. The third kappa shape index (κ3) is 3.08. The Morgan fingerprint density at radius 3 is 2.62 bits per heavy atom. The highest BCUT2D eigenvalue weighted by molar-refractivity contribution is 7.92. The molecule has 0 atom stereocenters. The van der Waals surface area contributed by atoms with Gasteiger partial charge in [0.25, 0.3) is 10.0 Å². The summed E-state index contributed by atoms with van der Waals surface area (Å²) in [6.07, 6.45) is 1.42. The van der Waals surface area contributed by atoms with Crippen molar-refractivity contribution in [2.24, 2.45) is 0 Å². The number of aryl methyl sites for hydroxylation is 2. The van der Waals surface area contributed by atoms with Crippen molar-refractivity contribution in [3.05, 3.63) is 47.5 Å². The van der Waals surface area contributed by atoms with Crippen molar-refractivity contribution >= 4 is 15.7 Å². The molecular weight excluding hydrogens is 295 g/mol. The third-order valence-electron chi connectivity index (χ3n) is 3.23. The summed E-state index contributed by atoms with van der Waals surface area (Å²) in [5, 5.41) is 9.21. The lowest BCUT2D eigenvalue weighted by Crippen LogP contribution is -2.14. The average Bonchev–Trinajstić information content (AvgIpc) is 2.87. The number of nitrogens with zero attached hydrogens (tertiary/aromatic N) is 1. The average molecular weight is 312 g/mol. The van der Waals surface area contributed by atoms with Crippen molar-refractivity contribution in [1.82, 2.24) is 4.57 Å². The molecule has 0 aliphatic heterocycles. The lowest BCUT2D eigenvalue weighted by Gasteiger charge is -2.10. The standard InChI is InChI=1S/C14H17FN2O3S/c1-3-17-8-12(7-11(17)9-18)21(19,20)16-14-10(2)5-4-6-13(14)15/h4-8,16,18H,3,9H2,1-2H3. The Hall–Kier alpha value is -1.86. The van der Waals surface area contributed by atoms with Crippen molar-refractivity contribution < 1.29 is 17.9 Å². The normalized spacial score (nSPS) is 11.6. The van der Waals surface area contributed by atoms with Crippen LogP contribution < -0.4 is 4.72 Å². The maximum atomic E-state index is 13.7. The van der Waals surface area contributed by atoms with Crippen LogP contribution in [0.15, 0.2) is 35.4 Å². The number of sulfonamides is 1. The summed E-state index contributed by atoms with van der Waals surface area (Å²) in [4.78, 5) is -0.00365. The maximum absolute atomic E-state index is 13.7. The van der Waals surface area contributed by atoms with Gasteiger partial charge in [-0.2, -0.15) is 0 Å². The minimum Gasteiger partial charge on any atom is -0.390 e. The molecule has 5 nitrogen and oxygen atoms in total. The van der Waals surface area contributed by atoms with Crippen molar-refractivity contribution in [2.75, 3.05) is 4.72 Å². The van der Waals surface area contributed by atoms with E-state index in [0.29, 0.717) is 17.8 Å². The number of anilines is 1. The molecule has 2 aromatic rings. The summed E-state index contributed by atoms with van der Waals surface area (Å²) in [6.45, 7) is 3.73. The quantitative estimate of drug-likeness (QED) is 0.889. The zero-order valence-corrected chi connectivity index (χ0v) is 12.6. The molecule has 0 saturated heterocycles. The van der Waals surface area contributed by atoms with E-state index in [-0.39, 0.29) is 17.2 Å². The molecule has 0 spiro atoms. The second kappa shape index (κ2) is 5.87. The Morgan fingerprint density at radius 2 is 2.10 bits per heavy atom. The van der Waals surface area contributed by atoms with Gasteiger partial charge in [-0.05, 0) is 31.5 Å². The number of rotatable bonds is 5. The fourth-order valence-corrected chi connectivity index (χ4v) is 3.26. The van der Waals surface area contributed by atoms with E-state index in [2.05, 4.69) is 4.72 Å². The minimum atomic E-state index is -3.90. The Bertz CT molecular complexity index is 712. The molecule has 0 radical (unpaired) electrons. The third-order valence-corrected chi connectivity index (χ3v) is 4.55. The predicted molar refractivity (Wildman–Crippen MR) is 78.0 cm³/mol. The number of aliphatic hydroxyl groups excluding tert-OH is 1. The van der Waals surface area contributed by atoms with Crippen LogP contribution in [0, 0.1) is 12.7 Å². The van der Waals surface area contributed by atoms with E-state index in [1.165, 1.54) is 24.4 Å². The van der Waals surface area contributed by atoms with Gasteiger partial charge in [0.1, 0.15) is 10.7 Å². The lowest BCUT2D eigenvalue weighted by molar-refractivity contribution is 0.271. The van der Waals surface area contributed by atoms with E-state index in [1.54, 1.807) is 17.6 Å². The van der Waals surface area contributed by atoms with Crippen LogP contribution in [0.3, 0.4) is 0 Å². The lowest BCUT2D eigenvalue weighted by atomic mass is 10.2. The highest BCUT2D eigenvalue weighted by atomic mass is 32.2. The van der Waals surface area contributed by atoms with Crippen LogP contribution in [-0.4, -0.2) is 18.1 Å². The van der Waals surface area contributed by atoms with Crippen LogP contribution in [0.5, 0.6) is 0 Å². The Labute approximate surface area is 123 Å². The number of hydrogen-bond donors (Lipinski definition) is 2. The molecule has 1 aromatic carbocycles. The van der Waals surface area contributed by atoms with Crippen molar-refractivity contribution in [3.8, 4) is 0 Å². The summed E-state index contributed by atoms with van der Waals surface area (Å²) < 4.78 is 42.3. The molecule has 0 amide bonds. The van der Waals surface area contributed by atoms with Gasteiger partial charge >= 0.3 is 0 Å². The molecule has 0 aliphatic rings. The van der Waals surface area contributed by atoms with Crippen LogP contribution in [-0.2, 0) is 23.2 Å². The topological polar surface area (TPSA) is 71.3 Å². The van der Waals surface area contributed by atoms with E-state index in [0.717, 1.165) is 0 Å². The first-order valence-corrected chi connectivity index (χ1v) is 7.95. The largest absolute Gasteiger partial charge is 0.390 e. The Morgan fingerprint density at radius 1 is 1.38 bits per heavy atom. The molecule has 0 unspecified atom stereocenters. The first-order chi connectivity index (χ1) is 9.89. The highest BCUT2D eigenvalue weighted by Crippen LogP contribution is 2.24. The van der Waals surface area contributed by atoms with E-state index in [1.807, 2.05) is 6.92 Å². The number of halogens is 1. The van der Waals surface area contributed by atoms with Crippen molar-refractivity contribution in [3.63, 3.8) is 0 Å². The number of hydrogen-bond acceptors (Lipinski definition) is 3. The highest BCUT2D eigenvalue weighted by Gasteiger charge is 2.20. The molecule has 0 saturated carbocycles. The maximum Gasteiger partial charge on any atom is 0.263 e. The Kier molecular flexibility index (Phi) is 4.34. The van der Waals surface area contributed by atoms with Crippen LogP contribution >= 0.6 is 0 Å². The molecule has 7 heteroatoms. The summed E-state index contributed by atoms with van der Waals surface area (Å²) in [6, 6.07) is 5.71. The molecule has 114 valence electrons. The summed E-state index contributed by atoms with van der Waals surface area (Å²) >= 11 is 0. The second-order valence-electron chi connectivity index (χ2n) is 4.65. The Balaban J connectivity index is 2.41. The van der Waals surface area contributed by atoms with Gasteiger partial charge in [0.05, 0.1) is 12.3 Å². The van der Waals surface area contributed by atoms with Crippen LogP contribution in [0.25, 0.3) is 0 Å². The SMILES string of the molecule is CCn1cc(S(=O)(=O)Nc2c(C)cccc2F)cc1CO. The van der Waals surface area contributed by atoms with Gasteiger partial charge in [0.2, 0.25) is 0 Å². The van der Waals surface area contributed by atoms with Gasteiger partial charge < -0.3 is 9.67 Å². The zero-order valence-electron chi connectivity index (χ0n) is 11.8. The van der Waals surface area contributed by atoms with Crippen molar-refractivity contribution in [1.29, 1.82) is 0 Å². The molecule has 1 heterocycles. The van der Waals surface area contributed by atoms with Gasteiger partial charge in [-0.1, -0.05) is 12.1 Å². The van der Waals surface area contributed by atoms with Gasteiger partial charge in [-0.25, -0.2) is 12.8 Å². The van der Waals surface area contributed by atoms with Gasteiger partial charge in [0, 0.05) is 18.4 Å². The molecule has 2 rings (SSSR count). The molecule has 2 N–H and O–H groups in total. The van der Waals surface area contributed by atoms with Gasteiger partial charge in [-0.15, -0.1) is 0 Å². The molecule has 0 bridgehead atoms. The smallest absolute Gasteiger partial charge is 0.263 e. The number of aliphatic hydroxyl groups is 1. The van der Waals surface area contributed by atoms with E-state index in [9.17, 15) is 17.9 Å². The van der Waals surface area contributed by atoms with E-state index < -0.39 is 15.8 Å². The van der Waals surface area contributed by atoms with Gasteiger partial charge in [-0.3, -0.25) is 4.72 Å². The monoisotopic (exact) mass is 312 g/mol. The first-order valence-electron chi connectivity index (χ1n) is 6.47. The number of aromatic nitrogens is 1. The zero-order chi connectivity index (χ0) is 15.6. The van der Waals surface area contributed by atoms with Crippen LogP contribution in [0.2, 0.25) is 0 Å². The predicted octanol–water partition coefficient (Wildman–Crippen LogP) is 2.25. The molecule has 0 aliphatic carbocycles. The van der Waals surface area contributed by atoms with Gasteiger partial charge in [0.15, 0.2) is 0 Å².